The van der Waals surface area contributed by atoms with Crippen molar-refractivity contribution in [3.8, 4) is 0 Å². The first kappa shape index (κ1) is 12.8. The van der Waals surface area contributed by atoms with Crippen LogP contribution in [0, 0.1) is 17.0 Å². The Morgan fingerprint density at radius 1 is 1.44 bits per heavy atom. The van der Waals surface area contributed by atoms with E-state index in [0.29, 0.717) is 5.56 Å². The molecule has 1 aromatic carbocycles. The minimum absolute atomic E-state index is 0.139. The van der Waals surface area contributed by atoms with Crippen molar-refractivity contribution in [3.05, 3.63) is 27.8 Å². The third kappa shape index (κ3) is 2.45. The molecule has 0 aromatic heterocycles. The van der Waals surface area contributed by atoms with E-state index in [1.165, 1.54) is 13.0 Å². The second-order valence-corrected chi connectivity index (χ2v) is 5.48. The van der Waals surface area contributed by atoms with Crippen molar-refractivity contribution in [1.82, 2.24) is 0 Å². The molecule has 0 spiro atoms. The molecule has 6 nitrogen and oxygen atoms in total. The smallest absolute Gasteiger partial charge is 0.273 e. The Bertz CT molecular complexity index is 539. The summed E-state index contributed by atoms with van der Waals surface area (Å²) in [5, 5.41) is 10.7. The van der Waals surface area contributed by atoms with Crippen molar-refractivity contribution in [1.29, 1.82) is 0 Å². The molecule has 0 bridgehead atoms. The van der Waals surface area contributed by atoms with Gasteiger partial charge in [-0.2, -0.15) is 0 Å². The highest BCUT2D eigenvalue weighted by molar-refractivity contribution is 7.91. The number of nitrogens with one attached hydrogen (secondary N) is 1. The van der Waals surface area contributed by atoms with Gasteiger partial charge in [-0.1, -0.05) is 12.8 Å². The molecular weight excluding hydrogens is 252 g/mol. The normalized spacial score (nSPS) is 11.2. The predicted octanol–water partition coefficient (Wildman–Crippen LogP) is 1.56. The van der Waals surface area contributed by atoms with Gasteiger partial charge in [0.2, 0.25) is 0 Å². The van der Waals surface area contributed by atoms with Crippen LogP contribution >= 0.6 is 12.8 Å². The Morgan fingerprint density at radius 3 is 2.38 bits per heavy atom. The van der Waals surface area contributed by atoms with Crippen LogP contribution in [0.15, 0.2) is 17.0 Å². The topological polar surface area (TPSA) is 89.3 Å². The summed E-state index contributed by atoms with van der Waals surface area (Å²) in [7, 11) is -3.53. The first-order valence-corrected chi connectivity index (χ1v) is 6.50. The van der Waals surface area contributed by atoms with Gasteiger partial charge in [-0.05, 0) is 13.0 Å². The number of anilines is 1. The number of nitro groups is 1. The first-order valence-electron chi connectivity index (χ1n) is 4.16. The number of sulfone groups is 1. The lowest BCUT2D eigenvalue weighted by atomic mass is 10.2. The molecule has 0 saturated heterocycles. The van der Waals surface area contributed by atoms with Crippen LogP contribution in [-0.2, 0) is 9.84 Å². The second-order valence-electron chi connectivity index (χ2n) is 3.28. The highest BCUT2D eigenvalue weighted by Crippen LogP contribution is 2.30. The van der Waals surface area contributed by atoms with Crippen LogP contribution < -0.4 is 4.72 Å². The van der Waals surface area contributed by atoms with E-state index in [-0.39, 0.29) is 16.3 Å². The average Bonchev–Trinajstić information content (AvgIpc) is 2.14. The van der Waals surface area contributed by atoms with Gasteiger partial charge in [0.05, 0.1) is 15.5 Å². The molecule has 8 heteroatoms. The van der Waals surface area contributed by atoms with Gasteiger partial charge in [-0.25, -0.2) is 8.42 Å². The number of rotatable bonds is 3. The predicted molar refractivity (Wildman–Crippen MR) is 63.6 cm³/mol. The molecule has 0 unspecified atom stereocenters. The standard InChI is InChI=1S/C8H10N2O4S2/c1-5-3-6(9-15)8(16(2,13)14)4-7(5)10(11)12/h3-4,9,15H,1-2H3. The van der Waals surface area contributed by atoms with Crippen LogP contribution in [-0.4, -0.2) is 19.6 Å². The highest BCUT2D eigenvalue weighted by atomic mass is 32.2. The number of aryl methyl sites for hydroxylation is 1. The summed E-state index contributed by atoms with van der Waals surface area (Å²) in [4.78, 5) is 9.91. The molecule has 1 N–H and O–H groups in total. The molecule has 0 atom stereocenters. The van der Waals surface area contributed by atoms with E-state index in [1.807, 2.05) is 0 Å². The Morgan fingerprint density at radius 2 is 2.00 bits per heavy atom. The van der Waals surface area contributed by atoms with Crippen LogP contribution in [0.25, 0.3) is 0 Å². The zero-order chi connectivity index (χ0) is 12.5. The van der Waals surface area contributed by atoms with Gasteiger partial charge in [0, 0.05) is 17.9 Å². The van der Waals surface area contributed by atoms with Gasteiger partial charge in [0.1, 0.15) is 0 Å². The van der Waals surface area contributed by atoms with E-state index in [9.17, 15) is 18.5 Å². The fraction of sp³-hybridized carbons (Fsp3) is 0.250. The fourth-order valence-electron chi connectivity index (χ4n) is 1.27. The molecule has 0 saturated carbocycles. The van der Waals surface area contributed by atoms with E-state index >= 15 is 0 Å². The summed E-state index contributed by atoms with van der Waals surface area (Å²) < 4.78 is 25.2. The number of benzene rings is 1. The monoisotopic (exact) mass is 262 g/mol. The van der Waals surface area contributed by atoms with Gasteiger partial charge in [-0.15, -0.1) is 0 Å². The Kier molecular flexibility index (Phi) is 3.44. The largest absolute Gasteiger partial charge is 0.331 e. The van der Waals surface area contributed by atoms with Gasteiger partial charge in [0.15, 0.2) is 9.84 Å². The van der Waals surface area contributed by atoms with Crippen molar-refractivity contribution < 1.29 is 13.3 Å². The van der Waals surface area contributed by atoms with E-state index in [2.05, 4.69) is 17.5 Å². The number of hydrogen-bond acceptors (Lipinski definition) is 6. The van der Waals surface area contributed by atoms with E-state index in [0.717, 1.165) is 12.3 Å². The molecule has 0 aliphatic heterocycles. The second kappa shape index (κ2) is 4.30. The summed E-state index contributed by atoms with van der Waals surface area (Å²) in [6.07, 6.45) is 0.982. The van der Waals surface area contributed by atoms with Crippen LogP contribution in [0.2, 0.25) is 0 Å². The fourth-order valence-corrected chi connectivity index (χ4v) is 2.36. The van der Waals surface area contributed by atoms with Gasteiger partial charge in [0.25, 0.3) is 5.69 Å². The number of hydrogen-bond donors (Lipinski definition) is 2. The van der Waals surface area contributed by atoms with Crippen molar-refractivity contribution in [2.75, 3.05) is 11.0 Å². The maximum atomic E-state index is 11.4. The molecule has 0 amide bonds. The molecule has 88 valence electrons. The summed E-state index contributed by atoms with van der Waals surface area (Å²) in [6, 6.07) is 2.41. The van der Waals surface area contributed by atoms with E-state index in [1.54, 1.807) is 0 Å². The molecule has 16 heavy (non-hydrogen) atoms. The molecular formula is C8H10N2O4S2. The van der Waals surface area contributed by atoms with Crippen LogP contribution in [0.5, 0.6) is 0 Å². The summed E-state index contributed by atoms with van der Waals surface area (Å²) >= 11 is 3.76. The lowest BCUT2D eigenvalue weighted by molar-refractivity contribution is -0.385. The minimum Gasteiger partial charge on any atom is -0.331 e. The summed E-state index contributed by atoms with van der Waals surface area (Å²) in [6.45, 7) is 1.53. The molecule has 0 fully saturated rings. The van der Waals surface area contributed by atoms with Crippen molar-refractivity contribution in [3.63, 3.8) is 0 Å². The summed E-state index contributed by atoms with van der Waals surface area (Å²) in [5.74, 6) is 0. The Labute approximate surface area is 98.3 Å². The van der Waals surface area contributed by atoms with Crippen LogP contribution in [0.1, 0.15) is 5.56 Å². The molecule has 1 rings (SSSR count). The average molecular weight is 262 g/mol. The molecule has 0 radical (unpaired) electrons. The number of nitrogens with zero attached hydrogens (tertiary/aromatic N) is 1. The minimum atomic E-state index is -3.53. The van der Waals surface area contributed by atoms with E-state index < -0.39 is 14.8 Å². The maximum Gasteiger partial charge on any atom is 0.273 e. The zero-order valence-electron chi connectivity index (χ0n) is 8.59. The third-order valence-corrected chi connectivity index (χ3v) is 3.39. The third-order valence-electron chi connectivity index (χ3n) is 2.01. The number of nitro benzene ring substituents is 1. The molecule has 0 heterocycles. The lowest BCUT2D eigenvalue weighted by Gasteiger charge is -2.08. The van der Waals surface area contributed by atoms with E-state index in [4.69, 9.17) is 0 Å². The molecule has 0 aliphatic rings. The maximum absolute atomic E-state index is 11.4. The van der Waals surface area contributed by atoms with Crippen molar-refractivity contribution >= 4 is 34.0 Å². The first-order chi connectivity index (χ1) is 7.27. The quantitative estimate of drug-likeness (QED) is 0.490. The summed E-state index contributed by atoms with van der Waals surface area (Å²) in [5.41, 5.74) is 0.371. The van der Waals surface area contributed by atoms with Crippen molar-refractivity contribution in [2.24, 2.45) is 0 Å². The van der Waals surface area contributed by atoms with Crippen LogP contribution in [0.3, 0.4) is 0 Å². The Hall–Kier alpha value is -1.28. The molecule has 0 aliphatic carbocycles. The Balaban J connectivity index is 3.60. The van der Waals surface area contributed by atoms with Crippen molar-refractivity contribution in [2.45, 2.75) is 11.8 Å². The zero-order valence-corrected chi connectivity index (χ0v) is 10.3. The highest BCUT2D eigenvalue weighted by Gasteiger charge is 2.20. The van der Waals surface area contributed by atoms with Gasteiger partial charge >= 0.3 is 0 Å². The lowest BCUT2D eigenvalue weighted by Crippen LogP contribution is -2.03. The number of thiol groups is 1. The van der Waals surface area contributed by atoms with Gasteiger partial charge in [-0.3, -0.25) is 10.1 Å². The molecule has 1 aromatic rings. The van der Waals surface area contributed by atoms with Crippen LogP contribution in [0.4, 0.5) is 11.4 Å². The SMILES string of the molecule is Cc1cc(NS)c(S(C)(=O)=O)cc1[N+](=O)[O-]. The van der Waals surface area contributed by atoms with Gasteiger partial charge < -0.3 is 4.72 Å².